The van der Waals surface area contributed by atoms with Crippen molar-refractivity contribution in [3.05, 3.63) is 16.7 Å². The number of ether oxygens (including phenoxy) is 1. The summed E-state index contributed by atoms with van der Waals surface area (Å²) in [6.07, 6.45) is 0.739. The highest BCUT2D eigenvalue weighted by atomic mass is 79.9. The van der Waals surface area contributed by atoms with E-state index in [0.29, 0.717) is 18.1 Å². The first-order chi connectivity index (χ1) is 7.09. The van der Waals surface area contributed by atoms with Crippen LogP contribution < -0.4 is 16.8 Å². The van der Waals surface area contributed by atoms with Gasteiger partial charge in [-0.15, -0.1) is 0 Å². The number of pyridine rings is 1. The van der Waals surface area contributed by atoms with Crippen molar-refractivity contribution in [2.75, 3.05) is 24.2 Å². The molecule has 0 saturated carbocycles. The van der Waals surface area contributed by atoms with Crippen molar-refractivity contribution in [2.24, 2.45) is 5.73 Å². The summed E-state index contributed by atoms with van der Waals surface area (Å²) in [4.78, 5) is 14.3. The van der Waals surface area contributed by atoms with Crippen molar-refractivity contribution in [3.8, 4) is 0 Å². The number of halogens is 1. The van der Waals surface area contributed by atoms with E-state index in [-0.39, 0.29) is 6.61 Å². The molecule has 6 nitrogen and oxygen atoms in total. The monoisotopic (exact) mass is 274 g/mol. The van der Waals surface area contributed by atoms with Gasteiger partial charge in [-0.3, -0.25) is 0 Å². The molecule has 1 rings (SSSR count). The lowest BCUT2D eigenvalue weighted by Gasteiger charge is -2.07. The van der Waals surface area contributed by atoms with Crippen LogP contribution in [0.25, 0.3) is 0 Å². The van der Waals surface area contributed by atoms with Crippen LogP contribution in [0.15, 0.2) is 16.7 Å². The predicted octanol–water partition coefficient (Wildman–Crippen LogP) is 0.933. The van der Waals surface area contributed by atoms with E-state index in [4.69, 9.17) is 11.5 Å². The summed E-state index contributed by atoms with van der Waals surface area (Å²) >= 11 is 3.29. The summed E-state index contributed by atoms with van der Waals surface area (Å²) in [6, 6.07) is 1.73. The highest BCUT2D eigenvalue weighted by Crippen LogP contribution is 2.21. The van der Waals surface area contributed by atoms with Crippen LogP contribution in [0.5, 0.6) is 0 Å². The lowest BCUT2D eigenvalue weighted by molar-refractivity contribution is 0.161. The van der Waals surface area contributed by atoms with Crippen molar-refractivity contribution >= 4 is 33.5 Å². The summed E-state index contributed by atoms with van der Waals surface area (Å²) in [5.74, 6) is 0.636. The van der Waals surface area contributed by atoms with Gasteiger partial charge in [-0.1, -0.05) is 0 Å². The third-order valence-corrected chi connectivity index (χ3v) is 2.11. The molecular formula is C8H11BrN4O2. The van der Waals surface area contributed by atoms with Gasteiger partial charge in [-0.05, 0) is 22.0 Å². The van der Waals surface area contributed by atoms with Gasteiger partial charge in [-0.25, -0.2) is 9.78 Å². The van der Waals surface area contributed by atoms with E-state index < -0.39 is 6.09 Å². The topological polar surface area (TPSA) is 103 Å². The van der Waals surface area contributed by atoms with Crippen LogP contribution in [0.3, 0.4) is 0 Å². The number of primary amides is 1. The number of nitrogens with one attached hydrogen (secondary N) is 1. The van der Waals surface area contributed by atoms with Gasteiger partial charge in [0.25, 0.3) is 0 Å². The Kier molecular flexibility index (Phi) is 4.17. The van der Waals surface area contributed by atoms with Crippen molar-refractivity contribution < 1.29 is 9.53 Å². The quantitative estimate of drug-likeness (QED) is 0.709. The van der Waals surface area contributed by atoms with Gasteiger partial charge in [0.15, 0.2) is 0 Å². The second kappa shape index (κ2) is 5.40. The summed E-state index contributed by atoms with van der Waals surface area (Å²) < 4.78 is 5.29. The second-order valence-electron chi connectivity index (χ2n) is 2.69. The van der Waals surface area contributed by atoms with E-state index in [1.165, 1.54) is 6.20 Å². The molecule has 0 atom stereocenters. The number of aromatic nitrogens is 1. The van der Waals surface area contributed by atoms with E-state index in [1.807, 2.05) is 0 Å². The Morgan fingerprint density at radius 3 is 3.00 bits per heavy atom. The number of rotatable bonds is 4. The van der Waals surface area contributed by atoms with Crippen LogP contribution in [0, 0.1) is 0 Å². The van der Waals surface area contributed by atoms with E-state index in [1.54, 1.807) is 6.07 Å². The highest BCUT2D eigenvalue weighted by molar-refractivity contribution is 9.10. The lowest BCUT2D eigenvalue weighted by atomic mass is 10.4. The van der Waals surface area contributed by atoms with E-state index in [2.05, 4.69) is 31.0 Å². The maximum absolute atomic E-state index is 10.3. The fourth-order valence-corrected chi connectivity index (χ4v) is 1.41. The van der Waals surface area contributed by atoms with Gasteiger partial charge in [-0.2, -0.15) is 0 Å². The normalized spacial score (nSPS) is 9.67. The number of hydrogen-bond donors (Lipinski definition) is 3. The summed E-state index contributed by atoms with van der Waals surface area (Å²) in [6.45, 7) is 0.617. The molecule has 1 amide bonds. The molecule has 0 bridgehead atoms. The van der Waals surface area contributed by atoms with Crippen LogP contribution >= 0.6 is 15.9 Å². The largest absolute Gasteiger partial charge is 0.448 e. The molecule has 5 N–H and O–H groups in total. The zero-order chi connectivity index (χ0) is 11.3. The molecule has 0 aliphatic heterocycles. The molecule has 1 heterocycles. The average molecular weight is 275 g/mol. The fourth-order valence-electron chi connectivity index (χ4n) is 0.904. The molecule has 0 saturated heterocycles. The van der Waals surface area contributed by atoms with Gasteiger partial charge in [0.05, 0.1) is 22.9 Å². The molecule has 0 aliphatic rings. The molecule has 15 heavy (non-hydrogen) atoms. The molecule has 0 unspecified atom stereocenters. The zero-order valence-corrected chi connectivity index (χ0v) is 9.45. The minimum atomic E-state index is -0.791. The molecule has 0 radical (unpaired) electrons. The van der Waals surface area contributed by atoms with Gasteiger partial charge in [0, 0.05) is 0 Å². The maximum Gasteiger partial charge on any atom is 0.404 e. The predicted molar refractivity (Wildman–Crippen MR) is 60.4 cm³/mol. The highest BCUT2D eigenvalue weighted by Gasteiger charge is 2.01. The molecule has 7 heteroatoms. The number of anilines is 2. The molecule has 1 aromatic rings. The Morgan fingerprint density at radius 2 is 2.40 bits per heavy atom. The fraction of sp³-hybridized carbons (Fsp3) is 0.250. The van der Waals surface area contributed by atoms with Gasteiger partial charge in [0.1, 0.15) is 12.4 Å². The molecule has 0 fully saturated rings. The smallest absolute Gasteiger partial charge is 0.404 e. The van der Waals surface area contributed by atoms with Gasteiger partial charge < -0.3 is 21.5 Å². The maximum atomic E-state index is 10.3. The first-order valence-electron chi connectivity index (χ1n) is 4.16. The van der Waals surface area contributed by atoms with E-state index in [9.17, 15) is 4.79 Å². The first-order valence-corrected chi connectivity index (χ1v) is 4.96. The SMILES string of the molecule is NC(=O)OCCNc1ncc(N)cc1Br. The summed E-state index contributed by atoms with van der Waals surface area (Å²) in [5.41, 5.74) is 10.9. The number of carbonyl (C=O) groups is 1. The number of nitrogens with two attached hydrogens (primary N) is 2. The van der Waals surface area contributed by atoms with Crippen LogP contribution in [0.2, 0.25) is 0 Å². The molecule has 0 aliphatic carbocycles. The second-order valence-corrected chi connectivity index (χ2v) is 3.55. The standard InChI is InChI=1S/C8H11BrN4O2/c9-6-3-5(10)4-13-7(6)12-1-2-15-8(11)14/h3-4H,1-2,10H2,(H2,11,14)(H,12,13). The van der Waals surface area contributed by atoms with Crippen LogP contribution in [-0.4, -0.2) is 24.2 Å². The number of nitrogens with zero attached hydrogens (tertiary/aromatic N) is 1. The zero-order valence-electron chi connectivity index (χ0n) is 7.87. The van der Waals surface area contributed by atoms with E-state index in [0.717, 1.165) is 4.47 Å². The Morgan fingerprint density at radius 1 is 1.67 bits per heavy atom. The first kappa shape index (κ1) is 11.6. The third kappa shape index (κ3) is 4.03. The number of amides is 1. The molecule has 0 spiro atoms. The Balaban J connectivity index is 2.40. The summed E-state index contributed by atoms with van der Waals surface area (Å²) in [7, 11) is 0. The average Bonchev–Trinajstić information content (AvgIpc) is 2.14. The molecule has 0 aromatic carbocycles. The Bertz CT molecular complexity index is 358. The molecule has 1 aromatic heterocycles. The van der Waals surface area contributed by atoms with Crippen LogP contribution in [-0.2, 0) is 4.74 Å². The summed E-state index contributed by atoms with van der Waals surface area (Å²) in [5, 5.41) is 2.95. The van der Waals surface area contributed by atoms with Crippen LogP contribution in [0.1, 0.15) is 0 Å². The van der Waals surface area contributed by atoms with Crippen molar-refractivity contribution in [3.63, 3.8) is 0 Å². The van der Waals surface area contributed by atoms with Crippen molar-refractivity contribution in [2.45, 2.75) is 0 Å². The van der Waals surface area contributed by atoms with Crippen molar-refractivity contribution in [1.82, 2.24) is 4.98 Å². The molecular weight excluding hydrogens is 264 g/mol. The number of carbonyl (C=O) groups excluding carboxylic acids is 1. The van der Waals surface area contributed by atoms with Crippen LogP contribution in [0.4, 0.5) is 16.3 Å². The Labute approximate surface area is 95.1 Å². The van der Waals surface area contributed by atoms with Gasteiger partial charge in [0.2, 0.25) is 0 Å². The third-order valence-electron chi connectivity index (χ3n) is 1.50. The Hall–Kier alpha value is -1.50. The van der Waals surface area contributed by atoms with E-state index >= 15 is 0 Å². The lowest BCUT2D eigenvalue weighted by Crippen LogP contribution is -2.18. The minimum absolute atomic E-state index is 0.188. The van der Waals surface area contributed by atoms with Gasteiger partial charge >= 0.3 is 6.09 Å². The minimum Gasteiger partial charge on any atom is -0.448 e. The number of hydrogen-bond acceptors (Lipinski definition) is 5. The van der Waals surface area contributed by atoms with Crippen molar-refractivity contribution in [1.29, 1.82) is 0 Å². The molecule has 82 valence electrons. The number of nitrogen functional groups attached to an aromatic ring is 1.